The minimum Gasteiger partial charge on any atom is -0.341 e. The van der Waals surface area contributed by atoms with Crippen molar-refractivity contribution in [3.8, 4) is 0 Å². The van der Waals surface area contributed by atoms with Gasteiger partial charge in [0.1, 0.15) is 0 Å². The average molecular weight is 252 g/mol. The third-order valence-electron chi connectivity index (χ3n) is 4.33. The number of likely N-dealkylation sites (tertiary alicyclic amines) is 1. The number of hydrogen-bond acceptors (Lipinski definition) is 2. The van der Waals surface area contributed by atoms with Crippen LogP contribution in [0.1, 0.15) is 58.8 Å². The summed E-state index contributed by atoms with van der Waals surface area (Å²) in [7, 11) is 0. The van der Waals surface area contributed by atoms with Gasteiger partial charge in [0.2, 0.25) is 5.91 Å². The summed E-state index contributed by atoms with van der Waals surface area (Å²) in [6.45, 7) is 6.21. The quantitative estimate of drug-likeness (QED) is 0.815. The predicted octanol–water partition coefficient (Wildman–Crippen LogP) is 2.56. The zero-order valence-electron chi connectivity index (χ0n) is 12.0. The van der Waals surface area contributed by atoms with Crippen LogP contribution in [0.4, 0.5) is 0 Å². The lowest BCUT2D eigenvalue weighted by Gasteiger charge is -2.24. The van der Waals surface area contributed by atoms with Crippen LogP contribution in [0.2, 0.25) is 0 Å². The van der Waals surface area contributed by atoms with Crippen molar-refractivity contribution in [1.82, 2.24) is 10.2 Å². The molecule has 2 fully saturated rings. The molecule has 0 aromatic carbocycles. The molecule has 1 amide bonds. The zero-order chi connectivity index (χ0) is 13.0. The van der Waals surface area contributed by atoms with Crippen molar-refractivity contribution >= 4 is 5.91 Å². The van der Waals surface area contributed by atoms with E-state index in [1.807, 2.05) is 6.92 Å². The van der Waals surface area contributed by atoms with Crippen LogP contribution >= 0.6 is 0 Å². The van der Waals surface area contributed by atoms with Crippen LogP contribution in [0.25, 0.3) is 0 Å². The molecule has 3 atom stereocenters. The van der Waals surface area contributed by atoms with Gasteiger partial charge >= 0.3 is 0 Å². The van der Waals surface area contributed by atoms with Gasteiger partial charge in [-0.2, -0.15) is 0 Å². The Bertz CT molecular complexity index is 272. The number of hydrogen-bond donors (Lipinski definition) is 1. The SMILES string of the molecule is CCCC1CC1NC(C)C(=O)N1CCCCCC1. The van der Waals surface area contributed by atoms with Crippen molar-refractivity contribution in [2.24, 2.45) is 5.92 Å². The van der Waals surface area contributed by atoms with Crippen LogP contribution in [-0.2, 0) is 4.79 Å². The molecule has 0 aromatic heterocycles. The molecule has 1 aliphatic carbocycles. The lowest BCUT2D eigenvalue weighted by Crippen LogP contribution is -2.46. The molecule has 0 spiro atoms. The van der Waals surface area contributed by atoms with E-state index in [1.54, 1.807) is 0 Å². The van der Waals surface area contributed by atoms with Gasteiger partial charge < -0.3 is 10.2 Å². The summed E-state index contributed by atoms with van der Waals surface area (Å²) >= 11 is 0. The Hall–Kier alpha value is -0.570. The second-order valence-electron chi connectivity index (χ2n) is 6.02. The minimum atomic E-state index is 0.00922. The standard InChI is InChI=1S/C15H28N2O/c1-3-8-13-11-14(13)16-12(2)15(18)17-9-6-4-5-7-10-17/h12-14,16H,3-11H2,1-2H3. The highest BCUT2D eigenvalue weighted by Gasteiger charge is 2.38. The molecule has 1 saturated heterocycles. The maximum Gasteiger partial charge on any atom is 0.239 e. The number of carbonyl (C=O) groups is 1. The second kappa shape index (κ2) is 6.55. The number of rotatable bonds is 5. The first-order chi connectivity index (χ1) is 8.72. The van der Waals surface area contributed by atoms with E-state index in [0.29, 0.717) is 11.9 Å². The number of amides is 1. The zero-order valence-corrected chi connectivity index (χ0v) is 12.0. The van der Waals surface area contributed by atoms with Gasteiger partial charge in [0.05, 0.1) is 6.04 Å². The summed E-state index contributed by atoms with van der Waals surface area (Å²) in [4.78, 5) is 14.4. The molecule has 3 heteroatoms. The molecule has 0 radical (unpaired) electrons. The van der Waals surface area contributed by atoms with Crippen molar-refractivity contribution in [2.75, 3.05) is 13.1 Å². The molecule has 0 aromatic rings. The van der Waals surface area contributed by atoms with Gasteiger partial charge in [-0.1, -0.05) is 26.2 Å². The Balaban J connectivity index is 1.74. The van der Waals surface area contributed by atoms with E-state index in [1.165, 1.54) is 44.9 Å². The van der Waals surface area contributed by atoms with Crippen LogP contribution in [0.15, 0.2) is 0 Å². The van der Waals surface area contributed by atoms with Gasteiger partial charge in [-0.15, -0.1) is 0 Å². The first-order valence-corrected chi connectivity index (χ1v) is 7.77. The fourth-order valence-electron chi connectivity index (χ4n) is 3.10. The van der Waals surface area contributed by atoms with Gasteiger partial charge in [-0.05, 0) is 38.5 Å². The van der Waals surface area contributed by atoms with E-state index in [0.717, 1.165) is 19.0 Å². The summed E-state index contributed by atoms with van der Waals surface area (Å²) in [5.41, 5.74) is 0. The van der Waals surface area contributed by atoms with Crippen molar-refractivity contribution < 1.29 is 4.79 Å². The molecule has 1 heterocycles. The minimum absolute atomic E-state index is 0.00922. The Morgan fingerprint density at radius 1 is 1.28 bits per heavy atom. The maximum absolute atomic E-state index is 12.3. The fourth-order valence-corrected chi connectivity index (χ4v) is 3.10. The van der Waals surface area contributed by atoms with Crippen LogP contribution in [0, 0.1) is 5.92 Å². The lowest BCUT2D eigenvalue weighted by molar-refractivity contribution is -0.133. The molecule has 3 unspecified atom stereocenters. The number of nitrogens with zero attached hydrogens (tertiary/aromatic N) is 1. The van der Waals surface area contributed by atoms with Gasteiger partial charge in [0.25, 0.3) is 0 Å². The molecule has 1 N–H and O–H groups in total. The molecule has 2 rings (SSSR count). The summed E-state index contributed by atoms with van der Waals surface area (Å²) < 4.78 is 0. The van der Waals surface area contributed by atoms with E-state index in [2.05, 4.69) is 17.1 Å². The first kappa shape index (κ1) is 13.9. The largest absolute Gasteiger partial charge is 0.341 e. The average Bonchev–Trinajstić information content (AvgIpc) is 3.12. The second-order valence-corrected chi connectivity index (χ2v) is 6.02. The topological polar surface area (TPSA) is 32.3 Å². The van der Waals surface area contributed by atoms with Gasteiger partial charge in [0.15, 0.2) is 0 Å². The molecule has 1 saturated carbocycles. The fraction of sp³-hybridized carbons (Fsp3) is 0.933. The van der Waals surface area contributed by atoms with Crippen molar-refractivity contribution in [3.05, 3.63) is 0 Å². The van der Waals surface area contributed by atoms with Crippen LogP contribution < -0.4 is 5.32 Å². The van der Waals surface area contributed by atoms with E-state index < -0.39 is 0 Å². The van der Waals surface area contributed by atoms with Crippen molar-refractivity contribution in [3.63, 3.8) is 0 Å². The highest BCUT2D eigenvalue weighted by molar-refractivity contribution is 5.81. The maximum atomic E-state index is 12.3. The van der Waals surface area contributed by atoms with Crippen LogP contribution in [-0.4, -0.2) is 36.0 Å². The normalized spacial score (nSPS) is 29.8. The molecule has 104 valence electrons. The lowest BCUT2D eigenvalue weighted by atomic mass is 10.2. The third kappa shape index (κ3) is 3.71. The molecule has 2 aliphatic rings. The molecule has 1 aliphatic heterocycles. The highest BCUT2D eigenvalue weighted by Crippen LogP contribution is 2.34. The van der Waals surface area contributed by atoms with Gasteiger partial charge in [-0.25, -0.2) is 0 Å². The third-order valence-corrected chi connectivity index (χ3v) is 4.33. The van der Waals surface area contributed by atoms with Crippen molar-refractivity contribution in [1.29, 1.82) is 0 Å². The van der Waals surface area contributed by atoms with Crippen molar-refractivity contribution in [2.45, 2.75) is 70.9 Å². The summed E-state index contributed by atoms with van der Waals surface area (Å²) in [6, 6.07) is 0.617. The summed E-state index contributed by atoms with van der Waals surface area (Å²) in [5.74, 6) is 1.15. The molecule has 0 bridgehead atoms. The Labute approximate surface area is 111 Å². The monoisotopic (exact) mass is 252 g/mol. The van der Waals surface area contributed by atoms with Gasteiger partial charge in [0, 0.05) is 19.1 Å². The van der Waals surface area contributed by atoms with E-state index in [-0.39, 0.29) is 6.04 Å². The Morgan fingerprint density at radius 2 is 1.94 bits per heavy atom. The van der Waals surface area contributed by atoms with E-state index >= 15 is 0 Å². The predicted molar refractivity (Wildman–Crippen MR) is 74.4 cm³/mol. The molecular weight excluding hydrogens is 224 g/mol. The summed E-state index contributed by atoms with van der Waals surface area (Å²) in [6.07, 6.45) is 8.77. The molecular formula is C15H28N2O. The Morgan fingerprint density at radius 3 is 2.56 bits per heavy atom. The van der Waals surface area contributed by atoms with Crippen LogP contribution in [0.3, 0.4) is 0 Å². The Kier molecular flexibility index (Phi) is 5.04. The van der Waals surface area contributed by atoms with Gasteiger partial charge in [-0.3, -0.25) is 4.79 Å². The molecule has 18 heavy (non-hydrogen) atoms. The first-order valence-electron chi connectivity index (χ1n) is 7.77. The summed E-state index contributed by atoms with van der Waals surface area (Å²) in [5, 5.41) is 3.51. The number of carbonyl (C=O) groups excluding carboxylic acids is 1. The number of nitrogens with one attached hydrogen (secondary N) is 1. The van der Waals surface area contributed by atoms with Crippen LogP contribution in [0.5, 0.6) is 0 Å². The molecule has 3 nitrogen and oxygen atoms in total. The highest BCUT2D eigenvalue weighted by atomic mass is 16.2. The smallest absolute Gasteiger partial charge is 0.239 e. The van der Waals surface area contributed by atoms with E-state index in [4.69, 9.17) is 0 Å². The van der Waals surface area contributed by atoms with E-state index in [9.17, 15) is 4.79 Å².